The number of carbonyl (C=O) groups is 2. The number of phosphoric ester groups is 1. The third kappa shape index (κ3) is 64.2. The number of ether oxygens (including phenoxy) is 1. The van der Waals surface area contributed by atoms with E-state index in [0.717, 1.165) is 70.6 Å². The van der Waals surface area contributed by atoms with Crippen LogP contribution in [-0.2, 0) is 27.9 Å². The Kier molecular flexibility index (Phi) is 62.0. The molecular formula is C74H139N2O7P. The zero-order valence-electron chi connectivity index (χ0n) is 56.4. The van der Waals surface area contributed by atoms with Gasteiger partial charge < -0.3 is 28.5 Å². The Morgan fingerprint density at radius 2 is 0.726 bits per heavy atom. The second-order valence-electron chi connectivity index (χ2n) is 25.7. The Balaban J connectivity index is 5.06. The number of quaternary nitrogens is 1. The summed E-state index contributed by atoms with van der Waals surface area (Å²) in [7, 11) is 1.19. The molecule has 0 aromatic heterocycles. The van der Waals surface area contributed by atoms with Crippen molar-refractivity contribution in [2.24, 2.45) is 0 Å². The highest BCUT2D eigenvalue weighted by atomic mass is 31.2. The highest BCUT2D eigenvalue weighted by Crippen LogP contribution is 2.38. The predicted octanol–water partition coefficient (Wildman–Crippen LogP) is 22.3. The highest BCUT2D eigenvalue weighted by molar-refractivity contribution is 7.45. The number of esters is 1. The Labute approximate surface area is 521 Å². The molecule has 0 aliphatic heterocycles. The maximum Gasteiger partial charge on any atom is 0.306 e. The van der Waals surface area contributed by atoms with E-state index in [1.54, 1.807) is 0 Å². The highest BCUT2D eigenvalue weighted by Gasteiger charge is 2.27. The lowest BCUT2D eigenvalue weighted by molar-refractivity contribution is -0.870. The minimum Gasteiger partial charge on any atom is -0.756 e. The van der Waals surface area contributed by atoms with Crippen LogP contribution in [0.2, 0.25) is 0 Å². The first-order chi connectivity index (χ1) is 40.9. The molecular weight excluding hydrogens is 1060 g/mol. The van der Waals surface area contributed by atoms with Crippen molar-refractivity contribution < 1.29 is 37.3 Å². The molecule has 9 nitrogen and oxygen atoms in total. The molecule has 0 aliphatic rings. The van der Waals surface area contributed by atoms with Crippen LogP contribution in [0.15, 0.2) is 60.8 Å². The van der Waals surface area contributed by atoms with Crippen LogP contribution in [-0.4, -0.2) is 69.4 Å². The first-order valence-corrected chi connectivity index (χ1v) is 37.6. The van der Waals surface area contributed by atoms with Crippen molar-refractivity contribution in [1.29, 1.82) is 0 Å². The van der Waals surface area contributed by atoms with Gasteiger partial charge in [-0.3, -0.25) is 14.2 Å². The minimum absolute atomic E-state index is 0.0227. The van der Waals surface area contributed by atoms with Gasteiger partial charge in [0.15, 0.2) is 0 Å². The average molecular weight is 1200 g/mol. The van der Waals surface area contributed by atoms with Crippen molar-refractivity contribution in [3.05, 3.63) is 60.8 Å². The van der Waals surface area contributed by atoms with E-state index in [1.165, 1.54) is 244 Å². The number of amides is 1. The maximum absolute atomic E-state index is 13.6. The maximum atomic E-state index is 13.6. The predicted molar refractivity (Wildman–Crippen MR) is 362 cm³/mol. The van der Waals surface area contributed by atoms with Crippen LogP contribution in [0.4, 0.5) is 0 Å². The topological polar surface area (TPSA) is 114 Å². The zero-order valence-corrected chi connectivity index (χ0v) is 57.3. The summed E-state index contributed by atoms with van der Waals surface area (Å²) in [5.74, 6) is -0.533. The number of unbranched alkanes of at least 4 members (excludes halogenated alkanes) is 42. The molecule has 0 radical (unpaired) electrons. The number of hydrogen-bond donors (Lipinski definition) is 1. The lowest BCUT2D eigenvalue weighted by Crippen LogP contribution is -2.47. The Morgan fingerprint density at radius 3 is 1.12 bits per heavy atom. The fourth-order valence-electron chi connectivity index (χ4n) is 10.6. The molecule has 0 rings (SSSR count). The van der Waals surface area contributed by atoms with Gasteiger partial charge in [-0.2, -0.15) is 0 Å². The van der Waals surface area contributed by atoms with Crippen molar-refractivity contribution in [1.82, 2.24) is 5.32 Å². The van der Waals surface area contributed by atoms with Crippen LogP contribution in [0.3, 0.4) is 0 Å². The molecule has 10 heteroatoms. The molecule has 0 bridgehead atoms. The van der Waals surface area contributed by atoms with E-state index in [4.69, 9.17) is 13.8 Å². The molecule has 1 amide bonds. The van der Waals surface area contributed by atoms with Gasteiger partial charge in [0.25, 0.3) is 7.82 Å². The lowest BCUT2D eigenvalue weighted by atomic mass is 10.0. The summed E-state index contributed by atoms with van der Waals surface area (Å²) in [5, 5.41) is 3.05. The number of hydrogen-bond acceptors (Lipinski definition) is 7. The molecule has 0 saturated carbocycles. The van der Waals surface area contributed by atoms with E-state index in [0.29, 0.717) is 17.4 Å². The summed E-state index contributed by atoms with van der Waals surface area (Å²) in [6.45, 7) is 6.85. The van der Waals surface area contributed by atoms with Gasteiger partial charge in [-0.25, -0.2) is 0 Å². The summed E-state index contributed by atoms with van der Waals surface area (Å²) in [6, 6.07) is -0.891. The molecule has 0 spiro atoms. The third-order valence-corrected chi connectivity index (χ3v) is 17.1. The number of phosphoric acid groups is 1. The molecule has 84 heavy (non-hydrogen) atoms. The van der Waals surface area contributed by atoms with Gasteiger partial charge in [-0.1, -0.05) is 300 Å². The number of allylic oxidation sites excluding steroid dienone is 9. The molecule has 0 fully saturated rings. The molecule has 0 heterocycles. The van der Waals surface area contributed by atoms with Gasteiger partial charge in [0, 0.05) is 12.8 Å². The third-order valence-electron chi connectivity index (χ3n) is 16.2. The van der Waals surface area contributed by atoms with Gasteiger partial charge in [-0.15, -0.1) is 0 Å². The van der Waals surface area contributed by atoms with Crippen LogP contribution in [0.1, 0.15) is 348 Å². The number of likely N-dealkylation sites (N-methyl/N-ethyl adjacent to an activating group) is 1. The number of nitrogens with zero attached hydrogens (tertiary/aromatic N) is 1. The van der Waals surface area contributed by atoms with Crippen LogP contribution >= 0.6 is 7.82 Å². The van der Waals surface area contributed by atoms with E-state index in [1.807, 2.05) is 33.3 Å². The quantitative estimate of drug-likeness (QED) is 0.0212. The summed E-state index contributed by atoms with van der Waals surface area (Å²) >= 11 is 0. The molecule has 3 atom stereocenters. The zero-order chi connectivity index (χ0) is 61.4. The van der Waals surface area contributed by atoms with Gasteiger partial charge in [0.05, 0.1) is 33.8 Å². The summed E-state index contributed by atoms with van der Waals surface area (Å²) in [5.41, 5.74) is 0. The minimum atomic E-state index is -4.71. The van der Waals surface area contributed by atoms with Gasteiger partial charge in [0.2, 0.25) is 5.91 Å². The van der Waals surface area contributed by atoms with E-state index in [2.05, 4.69) is 74.7 Å². The van der Waals surface area contributed by atoms with Gasteiger partial charge in [-0.05, 0) is 96.0 Å². The summed E-state index contributed by atoms with van der Waals surface area (Å²) in [6.07, 6.45) is 82.0. The number of rotatable bonds is 66. The molecule has 3 unspecified atom stereocenters. The van der Waals surface area contributed by atoms with Crippen molar-refractivity contribution in [2.45, 2.75) is 360 Å². The second kappa shape index (κ2) is 63.7. The smallest absolute Gasteiger partial charge is 0.306 e. The molecule has 492 valence electrons. The van der Waals surface area contributed by atoms with E-state index < -0.39 is 20.0 Å². The van der Waals surface area contributed by atoms with Crippen molar-refractivity contribution in [3.8, 4) is 0 Å². The standard InChI is InChI=1S/C74H139N2O7P/c1-7-10-13-16-19-22-25-28-30-32-34-36-38-40-42-44-46-48-51-54-57-60-63-66-73(77)75-71(70-82-84(79,80)81-69-68-76(4,5)6)72(65-62-59-56-53-50-27-24-21-18-15-12-9-3)83-74(78)67-64-61-58-55-52-49-47-45-43-41-39-37-35-33-31-29-26-23-20-17-14-11-8-2/h20,23,28-31,35,37,62,65,71-72H,7-19,21-22,24-27,32-34,36,38-61,63-64,66-70H2,1-6H3,(H-,75,77,79,80)/b23-20-,30-28+,31-29-,37-35-,65-62+. The fourth-order valence-corrected chi connectivity index (χ4v) is 11.3. The number of nitrogens with one attached hydrogen (secondary N) is 1. The summed E-state index contributed by atoms with van der Waals surface area (Å²) in [4.78, 5) is 40.2. The van der Waals surface area contributed by atoms with Crippen LogP contribution < -0.4 is 10.2 Å². The van der Waals surface area contributed by atoms with Gasteiger partial charge >= 0.3 is 5.97 Å². The van der Waals surface area contributed by atoms with E-state index in [9.17, 15) is 19.0 Å². The van der Waals surface area contributed by atoms with Crippen molar-refractivity contribution in [3.63, 3.8) is 0 Å². The van der Waals surface area contributed by atoms with Crippen LogP contribution in [0.5, 0.6) is 0 Å². The molecule has 0 aliphatic carbocycles. The number of carbonyl (C=O) groups excluding carboxylic acids is 2. The monoisotopic (exact) mass is 1200 g/mol. The molecule has 0 saturated heterocycles. The van der Waals surface area contributed by atoms with Gasteiger partial charge in [0.1, 0.15) is 19.3 Å². The SMILES string of the molecule is CCCCC/C=C\C/C=C\C/C=C\CCCCCCCCCCCCC(=O)OC(/C=C/CCCCCCCCCCCC)C(COP(=O)([O-])OCC[N+](C)(C)C)NC(=O)CCCCCCCCCCCCCCC/C=C/CCCCCCCC. The van der Waals surface area contributed by atoms with Crippen LogP contribution in [0, 0.1) is 0 Å². The lowest BCUT2D eigenvalue weighted by Gasteiger charge is -2.30. The first kappa shape index (κ1) is 81.7. The Bertz CT molecular complexity index is 1620. The normalized spacial score (nSPS) is 13.8. The summed E-state index contributed by atoms with van der Waals surface area (Å²) < 4.78 is 30.5. The van der Waals surface area contributed by atoms with Crippen molar-refractivity contribution in [2.75, 3.05) is 40.9 Å². The molecule has 1 N–H and O–H groups in total. The largest absolute Gasteiger partial charge is 0.756 e. The fraction of sp³-hybridized carbons (Fsp3) is 0.838. The van der Waals surface area contributed by atoms with Crippen molar-refractivity contribution >= 4 is 19.7 Å². The molecule has 0 aromatic carbocycles. The average Bonchev–Trinajstić information content (AvgIpc) is 3.65. The molecule has 0 aromatic rings. The van der Waals surface area contributed by atoms with E-state index >= 15 is 0 Å². The Morgan fingerprint density at radius 1 is 0.417 bits per heavy atom. The first-order valence-electron chi connectivity index (χ1n) is 36.1. The Hall–Kier alpha value is -2.29. The second-order valence-corrected chi connectivity index (χ2v) is 27.1. The van der Waals surface area contributed by atoms with E-state index in [-0.39, 0.29) is 31.5 Å². The van der Waals surface area contributed by atoms with Crippen LogP contribution in [0.25, 0.3) is 0 Å².